The van der Waals surface area contributed by atoms with Crippen LogP contribution in [0.25, 0.3) is 0 Å². The van der Waals surface area contributed by atoms with Crippen molar-refractivity contribution in [3.63, 3.8) is 0 Å². The quantitative estimate of drug-likeness (QED) is 0.776. The highest BCUT2D eigenvalue weighted by molar-refractivity contribution is 5.97. The first-order valence-corrected chi connectivity index (χ1v) is 6.57. The summed E-state index contributed by atoms with van der Waals surface area (Å²) in [7, 11) is 1.88. The Morgan fingerprint density at radius 2 is 1.65 bits per heavy atom. The number of carbonyl (C=O) groups is 1. The van der Waals surface area contributed by atoms with Gasteiger partial charge in [-0.1, -0.05) is 42.0 Å². The monoisotopic (exact) mass is 271 g/mol. The molecule has 0 saturated heterocycles. The molecule has 0 heterocycles. The minimum atomic E-state index is -0.243. The van der Waals surface area contributed by atoms with Crippen molar-refractivity contribution >= 4 is 5.78 Å². The van der Waals surface area contributed by atoms with Gasteiger partial charge in [-0.2, -0.15) is 0 Å². The van der Waals surface area contributed by atoms with E-state index in [9.17, 15) is 9.18 Å². The van der Waals surface area contributed by atoms with Gasteiger partial charge in [0.2, 0.25) is 0 Å². The Bertz CT molecular complexity index is 575. The predicted molar refractivity (Wildman–Crippen MR) is 78.2 cm³/mol. The number of hydrogen-bond acceptors (Lipinski definition) is 2. The van der Waals surface area contributed by atoms with Crippen molar-refractivity contribution < 1.29 is 9.18 Å². The van der Waals surface area contributed by atoms with Crippen molar-refractivity contribution in [2.75, 3.05) is 13.6 Å². The summed E-state index contributed by atoms with van der Waals surface area (Å²) in [5, 5.41) is 0. The van der Waals surface area contributed by atoms with Crippen molar-refractivity contribution in [1.82, 2.24) is 4.90 Å². The summed E-state index contributed by atoms with van der Waals surface area (Å²) in [5.74, 6) is -0.151. The number of hydrogen-bond donors (Lipinski definition) is 0. The zero-order valence-electron chi connectivity index (χ0n) is 11.8. The number of Topliss-reactive ketones (excluding diaryl/α,β-unsaturated/α-hetero) is 1. The Morgan fingerprint density at radius 1 is 1.05 bits per heavy atom. The fraction of sp³-hybridized carbons (Fsp3) is 0.235. The van der Waals surface area contributed by atoms with Gasteiger partial charge in [0.25, 0.3) is 0 Å². The number of nitrogens with zero attached hydrogens (tertiary/aromatic N) is 1. The van der Waals surface area contributed by atoms with Gasteiger partial charge < -0.3 is 0 Å². The molecule has 0 aromatic heterocycles. The molecule has 2 aromatic rings. The van der Waals surface area contributed by atoms with Crippen LogP contribution in [0.15, 0.2) is 48.5 Å². The summed E-state index contributed by atoms with van der Waals surface area (Å²) in [6, 6.07) is 13.9. The van der Waals surface area contributed by atoms with Gasteiger partial charge in [0, 0.05) is 12.1 Å². The molecule has 0 bridgehead atoms. The van der Waals surface area contributed by atoms with Gasteiger partial charge in [-0.3, -0.25) is 9.69 Å². The number of benzene rings is 2. The normalized spacial score (nSPS) is 10.8. The summed E-state index contributed by atoms with van der Waals surface area (Å²) in [6.07, 6.45) is 0. The molecule has 0 N–H and O–H groups in total. The van der Waals surface area contributed by atoms with Crippen LogP contribution >= 0.6 is 0 Å². The van der Waals surface area contributed by atoms with Gasteiger partial charge in [0.05, 0.1) is 6.54 Å². The molecule has 0 aliphatic rings. The van der Waals surface area contributed by atoms with Crippen LogP contribution in [0.5, 0.6) is 0 Å². The van der Waals surface area contributed by atoms with E-state index < -0.39 is 0 Å². The maximum atomic E-state index is 12.8. The van der Waals surface area contributed by atoms with Gasteiger partial charge in [-0.25, -0.2) is 4.39 Å². The van der Waals surface area contributed by atoms with Crippen molar-refractivity contribution in [2.24, 2.45) is 0 Å². The molecule has 0 saturated carbocycles. The van der Waals surface area contributed by atoms with Gasteiger partial charge in [0.15, 0.2) is 5.78 Å². The lowest BCUT2D eigenvalue weighted by Crippen LogP contribution is -2.25. The van der Waals surface area contributed by atoms with Crippen LogP contribution in [-0.4, -0.2) is 24.3 Å². The van der Waals surface area contributed by atoms with Crippen LogP contribution in [-0.2, 0) is 6.54 Å². The van der Waals surface area contributed by atoms with E-state index in [0.717, 1.165) is 16.7 Å². The molecule has 2 rings (SSSR count). The second kappa shape index (κ2) is 6.44. The Kier molecular flexibility index (Phi) is 4.64. The third-order valence-electron chi connectivity index (χ3n) is 3.15. The van der Waals surface area contributed by atoms with Crippen LogP contribution in [0, 0.1) is 12.7 Å². The standard InChI is InChI=1S/C17H18FNO/c1-13-3-7-15(8-4-13)17(20)12-19(2)11-14-5-9-16(18)10-6-14/h3-10H,11-12H2,1-2H3. The molecule has 0 amide bonds. The molecule has 104 valence electrons. The Hall–Kier alpha value is -2.00. The van der Waals surface area contributed by atoms with Gasteiger partial charge >= 0.3 is 0 Å². The van der Waals surface area contributed by atoms with E-state index in [0.29, 0.717) is 13.1 Å². The third kappa shape index (κ3) is 4.00. The van der Waals surface area contributed by atoms with Gasteiger partial charge in [0.1, 0.15) is 5.82 Å². The molecule has 0 unspecified atom stereocenters. The number of ketones is 1. The van der Waals surface area contributed by atoms with Gasteiger partial charge in [-0.15, -0.1) is 0 Å². The second-order valence-electron chi connectivity index (χ2n) is 5.09. The number of likely N-dealkylation sites (N-methyl/N-ethyl adjacent to an activating group) is 1. The molecule has 0 aliphatic heterocycles. The molecule has 3 heteroatoms. The lowest BCUT2D eigenvalue weighted by molar-refractivity contribution is 0.0943. The molecule has 0 radical (unpaired) electrons. The summed E-state index contributed by atoms with van der Waals surface area (Å²) < 4.78 is 12.8. The maximum Gasteiger partial charge on any atom is 0.176 e. The Labute approximate surface area is 118 Å². The zero-order valence-corrected chi connectivity index (χ0v) is 11.8. The summed E-state index contributed by atoms with van der Waals surface area (Å²) >= 11 is 0. The molecule has 20 heavy (non-hydrogen) atoms. The molecule has 0 aliphatic carbocycles. The first-order chi connectivity index (χ1) is 9.54. The average molecular weight is 271 g/mol. The minimum absolute atomic E-state index is 0.0922. The molecule has 2 nitrogen and oxygen atoms in total. The highest BCUT2D eigenvalue weighted by Gasteiger charge is 2.09. The highest BCUT2D eigenvalue weighted by atomic mass is 19.1. The van der Waals surface area contributed by atoms with Crippen LogP contribution in [0.1, 0.15) is 21.5 Å². The fourth-order valence-electron chi connectivity index (χ4n) is 2.03. The average Bonchev–Trinajstić information content (AvgIpc) is 2.42. The van der Waals surface area contributed by atoms with E-state index in [4.69, 9.17) is 0 Å². The topological polar surface area (TPSA) is 20.3 Å². The largest absolute Gasteiger partial charge is 0.295 e. The molecular formula is C17H18FNO. The molecule has 0 fully saturated rings. The lowest BCUT2D eigenvalue weighted by atomic mass is 10.1. The van der Waals surface area contributed by atoms with Crippen molar-refractivity contribution in [1.29, 1.82) is 0 Å². The number of aryl methyl sites for hydroxylation is 1. The van der Waals surface area contributed by atoms with Crippen molar-refractivity contribution in [2.45, 2.75) is 13.5 Å². The van der Waals surface area contributed by atoms with Crippen LogP contribution < -0.4 is 0 Å². The molecular weight excluding hydrogens is 253 g/mol. The van der Waals surface area contributed by atoms with Crippen LogP contribution in [0.4, 0.5) is 4.39 Å². The third-order valence-corrected chi connectivity index (χ3v) is 3.15. The number of carbonyl (C=O) groups excluding carboxylic acids is 1. The molecule has 2 aromatic carbocycles. The summed E-state index contributed by atoms with van der Waals surface area (Å²) in [6.45, 7) is 2.97. The van der Waals surface area contributed by atoms with E-state index >= 15 is 0 Å². The van der Waals surface area contributed by atoms with E-state index in [2.05, 4.69) is 0 Å². The Balaban J connectivity index is 1.93. The van der Waals surface area contributed by atoms with E-state index in [1.807, 2.05) is 43.1 Å². The summed E-state index contributed by atoms with van der Waals surface area (Å²) in [4.78, 5) is 14.0. The molecule has 0 spiro atoms. The molecule has 0 atom stereocenters. The van der Waals surface area contributed by atoms with Crippen LogP contribution in [0.3, 0.4) is 0 Å². The van der Waals surface area contributed by atoms with E-state index in [-0.39, 0.29) is 11.6 Å². The van der Waals surface area contributed by atoms with Gasteiger partial charge in [-0.05, 0) is 31.7 Å². The highest BCUT2D eigenvalue weighted by Crippen LogP contribution is 2.08. The zero-order chi connectivity index (χ0) is 14.5. The minimum Gasteiger partial charge on any atom is -0.295 e. The van der Waals surface area contributed by atoms with Crippen molar-refractivity contribution in [3.05, 3.63) is 71.0 Å². The van der Waals surface area contributed by atoms with Crippen molar-refractivity contribution in [3.8, 4) is 0 Å². The first kappa shape index (κ1) is 14.4. The fourth-order valence-corrected chi connectivity index (χ4v) is 2.03. The maximum absolute atomic E-state index is 12.8. The first-order valence-electron chi connectivity index (χ1n) is 6.57. The van der Waals surface area contributed by atoms with E-state index in [1.54, 1.807) is 12.1 Å². The lowest BCUT2D eigenvalue weighted by Gasteiger charge is -2.16. The Morgan fingerprint density at radius 3 is 2.25 bits per heavy atom. The predicted octanol–water partition coefficient (Wildman–Crippen LogP) is 3.45. The number of rotatable bonds is 5. The van der Waals surface area contributed by atoms with Crippen LogP contribution in [0.2, 0.25) is 0 Å². The summed E-state index contributed by atoms with van der Waals surface area (Å²) in [5.41, 5.74) is 2.85. The van der Waals surface area contributed by atoms with E-state index in [1.165, 1.54) is 12.1 Å². The smallest absolute Gasteiger partial charge is 0.176 e. The SMILES string of the molecule is Cc1ccc(C(=O)CN(C)Cc2ccc(F)cc2)cc1. The second-order valence-corrected chi connectivity index (χ2v) is 5.09. The number of halogens is 1.